The Hall–Kier alpha value is -2.73. The minimum Gasteiger partial charge on any atom is -0.394 e. The Morgan fingerprint density at radius 2 is 1.66 bits per heavy atom. The molecule has 0 aromatic rings. The standard InChI is InChI=1S/C20H34N6O6/c1-11(2)16-20(32)24-13(10-27)18(30)23-12(5-3-4-7-21)17(29)22-9-15(28)26-8-6-14(26)19(31)25-16/h11-14,16,27H,3-10,21H2,1-2H3,(H,22,29)(H,23,30)(H,24,32)(H,25,31)/t12-,13-,14-,16-/m0/s1. The number of carbonyl (C=O) groups excluding carboxylic acids is 5. The van der Waals surface area contributed by atoms with E-state index in [1.54, 1.807) is 13.8 Å². The predicted molar refractivity (Wildman–Crippen MR) is 114 cm³/mol. The van der Waals surface area contributed by atoms with Crippen molar-refractivity contribution in [2.24, 2.45) is 11.7 Å². The molecule has 2 fully saturated rings. The summed E-state index contributed by atoms with van der Waals surface area (Å²) >= 11 is 0. The number of nitrogens with one attached hydrogen (secondary N) is 4. The highest BCUT2D eigenvalue weighted by Gasteiger charge is 2.40. The second-order valence-electron chi connectivity index (χ2n) is 8.43. The molecule has 2 rings (SSSR count). The van der Waals surface area contributed by atoms with Crippen LogP contribution in [-0.4, -0.2) is 90.0 Å². The van der Waals surface area contributed by atoms with Crippen LogP contribution in [0.1, 0.15) is 39.5 Å². The van der Waals surface area contributed by atoms with E-state index in [2.05, 4.69) is 21.3 Å². The van der Waals surface area contributed by atoms with E-state index in [1.165, 1.54) is 4.90 Å². The van der Waals surface area contributed by atoms with Crippen LogP contribution in [-0.2, 0) is 24.0 Å². The highest BCUT2D eigenvalue weighted by atomic mass is 16.3. The number of hydrogen-bond donors (Lipinski definition) is 6. The molecule has 2 saturated heterocycles. The number of amides is 5. The smallest absolute Gasteiger partial charge is 0.245 e. The summed E-state index contributed by atoms with van der Waals surface area (Å²) in [7, 11) is 0. The van der Waals surface area contributed by atoms with Crippen LogP contribution in [0.3, 0.4) is 0 Å². The van der Waals surface area contributed by atoms with Gasteiger partial charge in [0.25, 0.3) is 0 Å². The van der Waals surface area contributed by atoms with E-state index in [9.17, 15) is 29.1 Å². The van der Waals surface area contributed by atoms with Gasteiger partial charge < -0.3 is 37.0 Å². The molecule has 0 saturated carbocycles. The van der Waals surface area contributed by atoms with Gasteiger partial charge in [0.1, 0.15) is 24.2 Å². The molecule has 2 heterocycles. The van der Waals surface area contributed by atoms with E-state index in [0.29, 0.717) is 32.4 Å². The Balaban J connectivity index is 2.28. The molecule has 2 aliphatic rings. The minimum absolute atomic E-state index is 0.274. The lowest BCUT2D eigenvalue weighted by Gasteiger charge is -2.40. The monoisotopic (exact) mass is 454 g/mol. The molecule has 0 aromatic heterocycles. The zero-order chi connectivity index (χ0) is 23.8. The summed E-state index contributed by atoms with van der Waals surface area (Å²) in [5.74, 6) is -3.17. The molecule has 0 radical (unpaired) electrons. The number of fused-ring (bicyclic) bond motifs is 1. The van der Waals surface area contributed by atoms with Crippen molar-refractivity contribution in [2.45, 2.75) is 63.7 Å². The fourth-order valence-electron chi connectivity index (χ4n) is 3.62. The lowest BCUT2D eigenvalue weighted by molar-refractivity contribution is -0.148. The fraction of sp³-hybridized carbons (Fsp3) is 0.750. The Morgan fingerprint density at radius 3 is 2.22 bits per heavy atom. The number of aliphatic hydroxyl groups is 1. The van der Waals surface area contributed by atoms with Crippen molar-refractivity contribution in [3.05, 3.63) is 0 Å². The van der Waals surface area contributed by atoms with E-state index in [1.807, 2.05) is 0 Å². The average molecular weight is 455 g/mol. The summed E-state index contributed by atoms with van der Waals surface area (Å²) in [6.07, 6.45) is 1.91. The van der Waals surface area contributed by atoms with Crippen molar-refractivity contribution in [1.29, 1.82) is 0 Å². The van der Waals surface area contributed by atoms with E-state index in [4.69, 9.17) is 5.73 Å². The van der Waals surface area contributed by atoms with E-state index < -0.39 is 60.3 Å². The van der Waals surface area contributed by atoms with Gasteiger partial charge in [0.05, 0.1) is 13.2 Å². The maximum absolute atomic E-state index is 12.8. The molecule has 180 valence electrons. The highest BCUT2D eigenvalue weighted by molar-refractivity contribution is 5.97. The van der Waals surface area contributed by atoms with Crippen LogP contribution in [0.2, 0.25) is 0 Å². The second kappa shape index (κ2) is 11.8. The molecule has 0 bridgehead atoms. The Kier molecular flexibility index (Phi) is 9.39. The molecule has 0 unspecified atom stereocenters. The number of unbranched alkanes of at least 4 members (excludes halogenated alkanes) is 1. The summed E-state index contributed by atoms with van der Waals surface area (Å²) < 4.78 is 0. The van der Waals surface area contributed by atoms with Crippen molar-refractivity contribution in [3.63, 3.8) is 0 Å². The Morgan fingerprint density at radius 1 is 0.969 bits per heavy atom. The van der Waals surface area contributed by atoms with E-state index >= 15 is 0 Å². The van der Waals surface area contributed by atoms with Gasteiger partial charge in [0.2, 0.25) is 29.5 Å². The number of nitrogens with zero attached hydrogens (tertiary/aromatic N) is 1. The molecule has 7 N–H and O–H groups in total. The van der Waals surface area contributed by atoms with Crippen molar-refractivity contribution in [2.75, 3.05) is 26.2 Å². The van der Waals surface area contributed by atoms with Gasteiger partial charge in [-0.15, -0.1) is 0 Å². The van der Waals surface area contributed by atoms with Crippen LogP contribution in [0, 0.1) is 5.92 Å². The summed E-state index contributed by atoms with van der Waals surface area (Å²) in [5.41, 5.74) is 5.50. The average Bonchev–Trinajstić information content (AvgIpc) is 2.71. The van der Waals surface area contributed by atoms with Gasteiger partial charge >= 0.3 is 0 Å². The molecule has 4 atom stereocenters. The molecule has 0 aromatic carbocycles. The largest absolute Gasteiger partial charge is 0.394 e. The third kappa shape index (κ3) is 6.39. The molecule has 12 heteroatoms. The molecule has 32 heavy (non-hydrogen) atoms. The molecule has 2 aliphatic heterocycles. The first-order chi connectivity index (χ1) is 15.2. The quantitative estimate of drug-likeness (QED) is 0.230. The summed E-state index contributed by atoms with van der Waals surface area (Å²) in [6.45, 7) is 3.24. The topological polar surface area (TPSA) is 183 Å². The first-order valence-corrected chi connectivity index (χ1v) is 11.0. The van der Waals surface area contributed by atoms with Crippen LogP contribution in [0.4, 0.5) is 0 Å². The van der Waals surface area contributed by atoms with Gasteiger partial charge in [-0.3, -0.25) is 24.0 Å². The summed E-state index contributed by atoms with van der Waals surface area (Å²) in [5, 5.41) is 19.8. The van der Waals surface area contributed by atoms with Crippen LogP contribution in [0.5, 0.6) is 0 Å². The summed E-state index contributed by atoms with van der Waals surface area (Å²) in [6, 6.07) is -3.97. The maximum atomic E-state index is 12.8. The van der Waals surface area contributed by atoms with Gasteiger partial charge in [-0.2, -0.15) is 0 Å². The van der Waals surface area contributed by atoms with E-state index in [0.717, 1.165) is 0 Å². The minimum atomic E-state index is -1.31. The Bertz CT molecular complexity index is 729. The molecule has 12 nitrogen and oxygen atoms in total. The van der Waals surface area contributed by atoms with Crippen LogP contribution in [0.15, 0.2) is 0 Å². The molecular weight excluding hydrogens is 420 g/mol. The molecular formula is C20H34N6O6. The SMILES string of the molecule is CC(C)[C@@H]1NC(=O)[C@@H]2CCN2C(=O)CNC(=O)[C@H](CCCCN)NC(=O)[C@H](CO)NC1=O. The third-order valence-corrected chi connectivity index (χ3v) is 5.70. The third-order valence-electron chi connectivity index (χ3n) is 5.70. The first-order valence-electron chi connectivity index (χ1n) is 11.0. The molecule has 0 spiro atoms. The maximum Gasteiger partial charge on any atom is 0.245 e. The fourth-order valence-corrected chi connectivity index (χ4v) is 3.62. The molecule has 0 aliphatic carbocycles. The van der Waals surface area contributed by atoms with E-state index in [-0.39, 0.29) is 18.9 Å². The lowest BCUT2D eigenvalue weighted by Crippen LogP contribution is -2.63. The van der Waals surface area contributed by atoms with Crippen molar-refractivity contribution in [1.82, 2.24) is 26.2 Å². The van der Waals surface area contributed by atoms with Crippen LogP contribution in [0.25, 0.3) is 0 Å². The number of hydrogen-bond acceptors (Lipinski definition) is 7. The molecule has 5 amide bonds. The van der Waals surface area contributed by atoms with Gasteiger partial charge in [-0.25, -0.2) is 0 Å². The highest BCUT2D eigenvalue weighted by Crippen LogP contribution is 2.18. The van der Waals surface area contributed by atoms with Gasteiger partial charge in [0.15, 0.2) is 0 Å². The zero-order valence-electron chi connectivity index (χ0n) is 18.6. The van der Waals surface area contributed by atoms with Crippen molar-refractivity contribution >= 4 is 29.5 Å². The summed E-state index contributed by atoms with van der Waals surface area (Å²) in [4.78, 5) is 64.7. The van der Waals surface area contributed by atoms with Crippen molar-refractivity contribution < 1.29 is 29.1 Å². The van der Waals surface area contributed by atoms with Gasteiger partial charge in [-0.1, -0.05) is 13.8 Å². The number of aliphatic hydroxyl groups excluding tert-OH is 1. The first kappa shape index (κ1) is 25.5. The number of rotatable bonds is 6. The number of carbonyl (C=O) groups is 5. The number of nitrogens with two attached hydrogens (primary N) is 1. The zero-order valence-corrected chi connectivity index (χ0v) is 18.6. The normalized spacial score (nSPS) is 27.9. The van der Waals surface area contributed by atoms with Crippen LogP contribution >= 0.6 is 0 Å². The van der Waals surface area contributed by atoms with Gasteiger partial charge in [-0.05, 0) is 38.1 Å². The second-order valence-corrected chi connectivity index (χ2v) is 8.43. The Labute approximate surface area is 187 Å². The van der Waals surface area contributed by atoms with Gasteiger partial charge in [0, 0.05) is 6.54 Å². The van der Waals surface area contributed by atoms with Crippen molar-refractivity contribution in [3.8, 4) is 0 Å². The van der Waals surface area contributed by atoms with Crippen LogP contribution < -0.4 is 27.0 Å². The predicted octanol–water partition coefficient (Wildman–Crippen LogP) is -3.05. The lowest BCUT2D eigenvalue weighted by atomic mass is 9.98.